The van der Waals surface area contributed by atoms with E-state index in [1.807, 2.05) is 18.2 Å². The number of hydrogen-bond donors (Lipinski definition) is 1. The van der Waals surface area contributed by atoms with Crippen molar-refractivity contribution in [3.05, 3.63) is 34.9 Å². The smallest absolute Gasteiger partial charge is 0.331 e. The molecule has 1 aromatic carbocycles. The molecule has 4 nitrogen and oxygen atoms in total. The van der Waals surface area contributed by atoms with Crippen LogP contribution in [0, 0.1) is 0 Å². The fourth-order valence-electron chi connectivity index (χ4n) is 1.95. The van der Waals surface area contributed by atoms with E-state index in [1.54, 1.807) is 13.2 Å². The van der Waals surface area contributed by atoms with Gasteiger partial charge in [-0.3, -0.25) is 0 Å². The third-order valence-corrected chi connectivity index (χ3v) is 3.28. The van der Waals surface area contributed by atoms with Crippen molar-refractivity contribution in [2.75, 3.05) is 25.1 Å². The number of carboxylic acid groups (broad SMARTS) is 1. The summed E-state index contributed by atoms with van der Waals surface area (Å²) < 4.78 is 5.10. The van der Waals surface area contributed by atoms with Gasteiger partial charge in [0, 0.05) is 24.4 Å². The van der Waals surface area contributed by atoms with Gasteiger partial charge in [0.1, 0.15) is 5.75 Å². The van der Waals surface area contributed by atoms with E-state index in [9.17, 15) is 4.79 Å². The van der Waals surface area contributed by atoms with E-state index in [0.29, 0.717) is 35.9 Å². The molecule has 0 saturated carbocycles. The van der Waals surface area contributed by atoms with Crippen LogP contribution in [-0.4, -0.2) is 31.3 Å². The van der Waals surface area contributed by atoms with Gasteiger partial charge in [-0.25, -0.2) is 4.79 Å². The van der Waals surface area contributed by atoms with Crippen LogP contribution >= 0.6 is 11.6 Å². The Morgan fingerprint density at radius 2 is 2.28 bits per heavy atom. The molecule has 2 rings (SSSR count). The highest BCUT2D eigenvalue weighted by Crippen LogP contribution is 2.30. The molecule has 0 bridgehead atoms. The molecule has 0 amide bonds. The van der Waals surface area contributed by atoms with Crippen LogP contribution in [0.3, 0.4) is 0 Å². The molecule has 18 heavy (non-hydrogen) atoms. The van der Waals surface area contributed by atoms with Crippen molar-refractivity contribution in [2.45, 2.75) is 6.42 Å². The zero-order chi connectivity index (χ0) is 13.1. The topological polar surface area (TPSA) is 49.8 Å². The summed E-state index contributed by atoms with van der Waals surface area (Å²) in [4.78, 5) is 12.9. The average molecular weight is 268 g/mol. The van der Waals surface area contributed by atoms with Gasteiger partial charge in [0.15, 0.2) is 0 Å². The molecule has 96 valence electrons. The number of ether oxygens (including phenoxy) is 1. The maximum atomic E-state index is 10.8. The molecule has 0 atom stereocenters. The first kappa shape index (κ1) is 12.8. The minimum atomic E-state index is -0.831. The molecular formula is C13H14ClNO3. The van der Waals surface area contributed by atoms with Gasteiger partial charge in [0.05, 0.1) is 12.1 Å². The van der Waals surface area contributed by atoms with E-state index in [4.69, 9.17) is 21.4 Å². The summed E-state index contributed by atoms with van der Waals surface area (Å²) >= 11 is 6.07. The molecule has 1 heterocycles. The van der Waals surface area contributed by atoms with Gasteiger partial charge >= 0.3 is 5.97 Å². The first-order chi connectivity index (χ1) is 8.61. The van der Waals surface area contributed by atoms with E-state index in [2.05, 4.69) is 4.90 Å². The standard InChI is InChI=1S/C13H14ClNO3/c1-18-12-3-2-10(8-11(12)14)15-6-4-9(5-7-15)13(16)17/h2-4,8H,5-7H2,1H3,(H,16,17). The third-order valence-electron chi connectivity index (χ3n) is 2.98. The molecule has 1 aliphatic heterocycles. The van der Waals surface area contributed by atoms with Crippen LogP contribution in [0.5, 0.6) is 5.75 Å². The lowest BCUT2D eigenvalue weighted by Gasteiger charge is -2.27. The van der Waals surface area contributed by atoms with E-state index >= 15 is 0 Å². The minimum Gasteiger partial charge on any atom is -0.495 e. The Bertz CT molecular complexity index is 499. The highest BCUT2D eigenvalue weighted by atomic mass is 35.5. The second-order valence-electron chi connectivity index (χ2n) is 4.05. The Hall–Kier alpha value is -1.68. The zero-order valence-corrected chi connectivity index (χ0v) is 10.8. The minimum absolute atomic E-state index is 0.478. The first-order valence-electron chi connectivity index (χ1n) is 5.62. The number of rotatable bonds is 3. The molecule has 0 spiro atoms. The Labute approximate surface area is 110 Å². The normalized spacial score (nSPS) is 15.2. The first-order valence-corrected chi connectivity index (χ1v) is 6.00. The molecule has 0 aromatic heterocycles. The molecule has 0 saturated heterocycles. The number of benzene rings is 1. The second kappa shape index (κ2) is 5.31. The quantitative estimate of drug-likeness (QED) is 0.914. The van der Waals surface area contributed by atoms with Crippen molar-refractivity contribution in [2.24, 2.45) is 0 Å². The predicted octanol–water partition coefficient (Wildman–Crippen LogP) is 2.57. The monoisotopic (exact) mass is 267 g/mol. The lowest BCUT2D eigenvalue weighted by molar-refractivity contribution is -0.132. The van der Waals surface area contributed by atoms with Crippen LogP contribution in [0.4, 0.5) is 5.69 Å². The molecule has 1 aromatic rings. The van der Waals surface area contributed by atoms with Crippen LogP contribution in [0.1, 0.15) is 6.42 Å². The maximum absolute atomic E-state index is 10.8. The van der Waals surface area contributed by atoms with Gasteiger partial charge in [-0.05, 0) is 24.6 Å². The molecule has 5 heteroatoms. The van der Waals surface area contributed by atoms with Crippen LogP contribution in [0.2, 0.25) is 5.02 Å². The maximum Gasteiger partial charge on any atom is 0.331 e. The van der Waals surface area contributed by atoms with Crippen molar-refractivity contribution in [3.63, 3.8) is 0 Å². The number of anilines is 1. The third kappa shape index (κ3) is 2.59. The molecular weight excluding hydrogens is 254 g/mol. The SMILES string of the molecule is COc1ccc(N2CC=C(C(=O)O)CC2)cc1Cl. The Kier molecular flexibility index (Phi) is 3.77. The number of methoxy groups -OCH3 is 1. The summed E-state index contributed by atoms with van der Waals surface area (Å²) in [5.74, 6) is -0.193. The molecule has 1 aliphatic rings. The molecule has 0 radical (unpaired) electrons. The number of halogens is 1. The van der Waals surface area contributed by atoms with Gasteiger partial charge in [-0.1, -0.05) is 17.7 Å². The van der Waals surface area contributed by atoms with Crippen molar-refractivity contribution in [1.82, 2.24) is 0 Å². The van der Waals surface area contributed by atoms with Crippen molar-refractivity contribution < 1.29 is 14.6 Å². The molecule has 1 N–H and O–H groups in total. The summed E-state index contributed by atoms with van der Waals surface area (Å²) in [6, 6.07) is 5.57. The summed E-state index contributed by atoms with van der Waals surface area (Å²) in [5.41, 5.74) is 1.45. The number of aliphatic carboxylic acids is 1. The number of carboxylic acids is 1. The molecule has 0 fully saturated rings. The fraction of sp³-hybridized carbons (Fsp3) is 0.308. The lowest BCUT2D eigenvalue weighted by atomic mass is 10.1. The summed E-state index contributed by atoms with van der Waals surface area (Å²) in [7, 11) is 1.57. The van der Waals surface area contributed by atoms with Crippen LogP contribution in [0.15, 0.2) is 29.8 Å². The fourth-order valence-corrected chi connectivity index (χ4v) is 2.20. The van der Waals surface area contributed by atoms with Crippen molar-refractivity contribution in [1.29, 1.82) is 0 Å². The highest BCUT2D eigenvalue weighted by Gasteiger charge is 2.17. The van der Waals surface area contributed by atoms with E-state index in [0.717, 1.165) is 5.69 Å². The number of carbonyl (C=O) groups is 1. The van der Waals surface area contributed by atoms with E-state index in [1.165, 1.54) is 0 Å². The van der Waals surface area contributed by atoms with Gasteiger partial charge in [0.25, 0.3) is 0 Å². The number of nitrogens with zero attached hydrogens (tertiary/aromatic N) is 1. The van der Waals surface area contributed by atoms with Gasteiger partial charge in [-0.15, -0.1) is 0 Å². The second-order valence-corrected chi connectivity index (χ2v) is 4.46. The zero-order valence-electron chi connectivity index (χ0n) is 10.0. The van der Waals surface area contributed by atoms with Gasteiger partial charge in [-0.2, -0.15) is 0 Å². The van der Waals surface area contributed by atoms with Crippen LogP contribution < -0.4 is 9.64 Å². The Balaban J connectivity index is 2.15. The van der Waals surface area contributed by atoms with Crippen LogP contribution in [0.25, 0.3) is 0 Å². The highest BCUT2D eigenvalue weighted by molar-refractivity contribution is 6.32. The summed E-state index contributed by atoms with van der Waals surface area (Å²) in [6.45, 7) is 1.27. The largest absolute Gasteiger partial charge is 0.495 e. The van der Waals surface area contributed by atoms with Crippen molar-refractivity contribution in [3.8, 4) is 5.75 Å². The summed E-state index contributed by atoms with van der Waals surface area (Å²) in [6.07, 6.45) is 2.28. The predicted molar refractivity (Wildman–Crippen MR) is 70.6 cm³/mol. The Morgan fingerprint density at radius 3 is 2.78 bits per heavy atom. The Morgan fingerprint density at radius 1 is 1.50 bits per heavy atom. The van der Waals surface area contributed by atoms with Gasteiger partial charge < -0.3 is 14.7 Å². The lowest BCUT2D eigenvalue weighted by Crippen LogP contribution is -2.29. The van der Waals surface area contributed by atoms with Crippen LogP contribution in [-0.2, 0) is 4.79 Å². The molecule has 0 aliphatic carbocycles. The van der Waals surface area contributed by atoms with Gasteiger partial charge in [0.2, 0.25) is 0 Å². The van der Waals surface area contributed by atoms with E-state index in [-0.39, 0.29) is 0 Å². The summed E-state index contributed by atoms with van der Waals surface area (Å²) in [5, 5.41) is 9.44. The average Bonchev–Trinajstić information content (AvgIpc) is 2.38. The van der Waals surface area contributed by atoms with Crippen molar-refractivity contribution >= 4 is 23.3 Å². The number of hydrogen-bond acceptors (Lipinski definition) is 3. The molecule has 0 unspecified atom stereocenters. The van der Waals surface area contributed by atoms with E-state index < -0.39 is 5.97 Å².